The first-order valence-electron chi connectivity index (χ1n) is 9.76. The molecule has 4 nitrogen and oxygen atoms in total. The quantitative estimate of drug-likeness (QED) is 0.821. The highest BCUT2D eigenvalue weighted by molar-refractivity contribution is 5.80. The Balaban J connectivity index is 0.000000817. The summed E-state index contributed by atoms with van der Waals surface area (Å²) in [4.78, 5) is 11.6. The lowest BCUT2D eigenvalue weighted by Crippen LogP contribution is -2.33. The second-order valence-electron chi connectivity index (χ2n) is 6.82. The van der Waals surface area contributed by atoms with Crippen molar-refractivity contribution in [1.29, 1.82) is 0 Å². The molecule has 1 atom stereocenters. The first kappa shape index (κ1) is 21.3. The molecule has 1 saturated heterocycles. The number of carbonyl (C=O) groups excluding carboxylic acids is 1. The van der Waals surface area contributed by atoms with E-state index in [1.165, 1.54) is 16.7 Å². The van der Waals surface area contributed by atoms with E-state index >= 15 is 0 Å². The van der Waals surface area contributed by atoms with E-state index < -0.39 is 0 Å². The predicted molar refractivity (Wildman–Crippen MR) is 111 cm³/mol. The lowest BCUT2D eigenvalue weighted by molar-refractivity contribution is -0.118. The summed E-state index contributed by atoms with van der Waals surface area (Å²) in [6, 6.07) is 16.9. The summed E-state index contributed by atoms with van der Waals surface area (Å²) in [5.41, 5.74) is 4.94. The van der Waals surface area contributed by atoms with Crippen LogP contribution in [0, 0.1) is 0 Å². The smallest absolute Gasteiger partial charge is 0.136 e. The first-order valence-corrected chi connectivity index (χ1v) is 9.76. The van der Waals surface area contributed by atoms with E-state index in [-0.39, 0.29) is 11.9 Å². The van der Waals surface area contributed by atoms with Gasteiger partial charge in [0.25, 0.3) is 0 Å². The second kappa shape index (κ2) is 11.7. The second-order valence-corrected chi connectivity index (χ2v) is 6.82. The Labute approximate surface area is 163 Å². The lowest BCUT2D eigenvalue weighted by atomic mass is 9.95. The topological polar surface area (TPSA) is 50.4 Å². The summed E-state index contributed by atoms with van der Waals surface area (Å²) in [7, 11) is 3.75. The number of nitrogens with one attached hydrogen (secondary N) is 2. The molecule has 0 radical (unpaired) electrons. The van der Waals surface area contributed by atoms with Crippen LogP contribution in [0.25, 0.3) is 0 Å². The van der Waals surface area contributed by atoms with Gasteiger partial charge in [0.1, 0.15) is 5.78 Å². The number of carbonyl (C=O) groups is 1. The number of rotatable bonds is 6. The Hall–Kier alpha value is -2.01. The number of morpholine rings is 1. The fraction of sp³-hybridized carbons (Fsp3) is 0.435. The molecule has 0 spiro atoms. The van der Waals surface area contributed by atoms with Crippen molar-refractivity contribution >= 4 is 5.78 Å². The van der Waals surface area contributed by atoms with Crippen LogP contribution in [0.1, 0.15) is 41.7 Å². The zero-order valence-corrected chi connectivity index (χ0v) is 16.8. The van der Waals surface area contributed by atoms with Gasteiger partial charge in [0.2, 0.25) is 0 Å². The van der Waals surface area contributed by atoms with Crippen LogP contribution in [0.15, 0.2) is 48.5 Å². The molecule has 2 aromatic carbocycles. The SMILES string of the molecule is CCC(=O)Cc1ccc(Cc2ccccc2C2CNCCO2)cc1.CNC. The van der Waals surface area contributed by atoms with Gasteiger partial charge in [0, 0.05) is 25.9 Å². The third-order valence-corrected chi connectivity index (χ3v) is 4.54. The van der Waals surface area contributed by atoms with Crippen LogP contribution in [0.5, 0.6) is 0 Å². The first-order chi connectivity index (χ1) is 13.2. The molecule has 0 saturated carbocycles. The number of benzene rings is 2. The van der Waals surface area contributed by atoms with E-state index in [0.717, 1.165) is 31.7 Å². The Morgan fingerprint density at radius 2 is 1.78 bits per heavy atom. The molecule has 146 valence electrons. The fourth-order valence-electron chi connectivity index (χ4n) is 3.12. The van der Waals surface area contributed by atoms with E-state index in [1.807, 2.05) is 21.0 Å². The van der Waals surface area contributed by atoms with Gasteiger partial charge in [-0.25, -0.2) is 0 Å². The van der Waals surface area contributed by atoms with Crippen LogP contribution in [0.3, 0.4) is 0 Å². The van der Waals surface area contributed by atoms with Gasteiger partial charge >= 0.3 is 0 Å². The van der Waals surface area contributed by atoms with Crippen molar-refractivity contribution < 1.29 is 9.53 Å². The van der Waals surface area contributed by atoms with Crippen LogP contribution in [0.2, 0.25) is 0 Å². The van der Waals surface area contributed by atoms with Crippen LogP contribution < -0.4 is 10.6 Å². The normalized spacial score (nSPS) is 16.3. The molecule has 1 aliphatic rings. The summed E-state index contributed by atoms with van der Waals surface area (Å²) < 4.78 is 5.92. The highest BCUT2D eigenvalue weighted by Gasteiger charge is 2.18. The maximum Gasteiger partial charge on any atom is 0.136 e. The summed E-state index contributed by atoms with van der Waals surface area (Å²) in [6.07, 6.45) is 2.16. The van der Waals surface area contributed by atoms with E-state index in [9.17, 15) is 4.79 Å². The average molecular weight is 369 g/mol. The lowest BCUT2D eigenvalue weighted by Gasteiger charge is -2.26. The third kappa shape index (κ3) is 6.90. The molecular weight excluding hydrogens is 336 g/mol. The molecular formula is C23H32N2O2. The zero-order chi connectivity index (χ0) is 19.5. The Bertz CT molecular complexity index is 692. The van der Waals surface area contributed by atoms with E-state index in [0.29, 0.717) is 12.8 Å². The monoisotopic (exact) mass is 368 g/mol. The molecule has 0 bridgehead atoms. The molecule has 0 aliphatic carbocycles. The molecule has 2 aromatic rings. The van der Waals surface area contributed by atoms with Gasteiger partial charge < -0.3 is 15.4 Å². The highest BCUT2D eigenvalue weighted by Crippen LogP contribution is 2.24. The largest absolute Gasteiger partial charge is 0.371 e. The molecule has 4 heteroatoms. The van der Waals surface area contributed by atoms with E-state index in [2.05, 4.69) is 59.2 Å². The number of hydrogen-bond donors (Lipinski definition) is 2. The van der Waals surface area contributed by atoms with Gasteiger partial charge in [0.05, 0.1) is 12.7 Å². The standard InChI is InChI=1S/C21H25NO2.C2H7N/c1-2-19(23)14-17-9-7-16(8-10-17)13-18-5-3-4-6-20(18)21-15-22-11-12-24-21;1-3-2/h3-10,21-22H,2,11-15H2,1H3;3H,1-2H3. The van der Waals surface area contributed by atoms with Gasteiger partial charge in [-0.3, -0.25) is 4.79 Å². The fourth-order valence-corrected chi connectivity index (χ4v) is 3.12. The van der Waals surface area contributed by atoms with Crippen molar-refractivity contribution in [3.05, 3.63) is 70.8 Å². The van der Waals surface area contributed by atoms with E-state index in [1.54, 1.807) is 0 Å². The maximum atomic E-state index is 11.6. The van der Waals surface area contributed by atoms with E-state index in [4.69, 9.17) is 4.74 Å². The average Bonchev–Trinajstić information content (AvgIpc) is 2.71. The number of ketones is 1. The number of hydrogen-bond acceptors (Lipinski definition) is 4. The Morgan fingerprint density at radius 3 is 2.41 bits per heavy atom. The van der Waals surface area contributed by atoms with Gasteiger partial charge in [-0.1, -0.05) is 55.5 Å². The molecule has 1 fully saturated rings. The highest BCUT2D eigenvalue weighted by atomic mass is 16.5. The molecule has 2 N–H and O–H groups in total. The Kier molecular flexibility index (Phi) is 9.19. The van der Waals surface area contributed by atoms with Crippen LogP contribution in [-0.4, -0.2) is 39.6 Å². The molecule has 1 aliphatic heterocycles. The summed E-state index contributed by atoms with van der Waals surface area (Å²) in [5, 5.41) is 6.15. The van der Waals surface area contributed by atoms with Gasteiger partial charge in [0.15, 0.2) is 0 Å². The van der Waals surface area contributed by atoms with Crippen molar-refractivity contribution in [2.45, 2.75) is 32.3 Å². The van der Waals surface area contributed by atoms with Crippen molar-refractivity contribution in [2.24, 2.45) is 0 Å². The summed E-state index contributed by atoms with van der Waals surface area (Å²) in [6.45, 7) is 4.47. The number of Topliss-reactive ketones (excluding diaryl/α,β-unsaturated/α-hetero) is 1. The van der Waals surface area contributed by atoms with Crippen LogP contribution in [0.4, 0.5) is 0 Å². The summed E-state index contributed by atoms with van der Waals surface area (Å²) >= 11 is 0. The molecule has 0 amide bonds. The predicted octanol–water partition coefficient (Wildman–Crippen LogP) is 3.30. The van der Waals surface area contributed by atoms with Gasteiger partial charge in [-0.2, -0.15) is 0 Å². The van der Waals surface area contributed by atoms with Crippen molar-refractivity contribution in [2.75, 3.05) is 33.8 Å². The minimum absolute atomic E-state index is 0.136. The van der Waals surface area contributed by atoms with Crippen molar-refractivity contribution in [3.63, 3.8) is 0 Å². The van der Waals surface area contributed by atoms with Crippen LogP contribution >= 0.6 is 0 Å². The van der Waals surface area contributed by atoms with Crippen molar-refractivity contribution in [3.8, 4) is 0 Å². The van der Waals surface area contributed by atoms with Crippen LogP contribution in [-0.2, 0) is 22.4 Å². The minimum atomic E-state index is 0.136. The molecule has 1 heterocycles. The maximum absolute atomic E-state index is 11.6. The van der Waals surface area contributed by atoms with Crippen molar-refractivity contribution in [1.82, 2.24) is 10.6 Å². The zero-order valence-electron chi connectivity index (χ0n) is 16.8. The molecule has 27 heavy (non-hydrogen) atoms. The molecule has 1 unspecified atom stereocenters. The Morgan fingerprint density at radius 1 is 1.11 bits per heavy atom. The van der Waals surface area contributed by atoms with Gasteiger partial charge in [-0.05, 0) is 42.8 Å². The molecule has 0 aromatic heterocycles. The third-order valence-electron chi connectivity index (χ3n) is 4.54. The summed E-state index contributed by atoms with van der Waals surface area (Å²) in [5.74, 6) is 0.287. The minimum Gasteiger partial charge on any atom is -0.371 e. The number of ether oxygens (including phenoxy) is 1. The molecule has 3 rings (SSSR count). The van der Waals surface area contributed by atoms with Gasteiger partial charge in [-0.15, -0.1) is 0 Å².